The third-order valence-electron chi connectivity index (χ3n) is 9.47. The monoisotopic (exact) mass is 757 g/mol. The molecule has 11 nitrogen and oxygen atoms in total. The van der Waals surface area contributed by atoms with Crippen molar-refractivity contribution in [1.29, 1.82) is 0 Å². The lowest BCUT2D eigenvalue weighted by Gasteiger charge is -2.31. The molecule has 3 atom stereocenters. The van der Waals surface area contributed by atoms with Crippen LogP contribution in [0.1, 0.15) is 47.6 Å². The summed E-state index contributed by atoms with van der Waals surface area (Å²) in [5, 5.41) is 9.46. The van der Waals surface area contributed by atoms with Gasteiger partial charge >= 0.3 is 6.18 Å². The lowest BCUT2D eigenvalue weighted by molar-refractivity contribution is -0.148. The van der Waals surface area contributed by atoms with Gasteiger partial charge in [-0.05, 0) is 60.6 Å². The van der Waals surface area contributed by atoms with Crippen molar-refractivity contribution in [3.63, 3.8) is 0 Å². The lowest BCUT2D eigenvalue weighted by atomic mass is 10.0. The molecular weight excluding hydrogens is 720 g/mol. The van der Waals surface area contributed by atoms with E-state index in [1.165, 1.54) is 9.80 Å². The molecule has 0 radical (unpaired) electrons. The molecule has 3 heterocycles. The molecule has 0 spiro atoms. The Balaban J connectivity index is 1.11. The Morgan fingerprint density at radius 3 is 2.33 bits per heavy atom. The molecule has 0 saturated carbocycles. The van der Waals surface area contributed by atoms with Crippen LogP contribution in [-0.4, -0.2) is 73.5 Å². The van der Waals surface area contributed by atoms with Crippen molar-refractivity contribution in [2.45, 2.75) is 76.1 Å². The minimum absolute atomic E-state index is 0.0991. The van der Waals surface area contributed by atoms with Crippen LogP contribution in [0.25, 0.3) is 0 Å². The molecule has 286 valence electrons. The van der Waals surface area contributed by atoms with Crippen LogP contribution in [0.5, 0.6) is 5.75 Å². The summed E-state index contributed by atoms with van der Waals surface area (Å²) in [6.07, 6.45) is -4.75. The van der Waals surface area contributed by atoms with Gasteiger partial charge in [-0.3, -0.25) is 14.4 Å². The maximum Gasteiger partial charge on any atom is 0.451 e. The number of ether oxygens (including phenoxy) is 1. The number of nitrogens with zero attached hydrogens (tertiary/aromatic N) is 5. The van der Waals surface area contributed by atoms with Crippen LogP contribution in [0.2, 0.25) is 0 Å². The van der Waals surface area contributed by atoms with Gasteiger partial charge in [0.2, 0.25) is 23.5 Å². The van der Waals surface area contributed by atoms with E-state index in [9.17, 15) is 40.7 Å². The van der Waals surface area contributed by atoms with Crippen LogP contribution in [0.15, 0.2) is 66.7 Å². The van der Waals surface area contributed by atoms with Crippen molar-refractivity contribution >= 4 is 17.7 Å². The number of rotatable bonds is 12. The van der Waals surface area contributed by atoms with E-state index in [1.54, 1.807) is 24.3 Å². The number of fused-ring (bicyclic) bond motifs is 1. The number of alkyl halides is 3. The number of nitrogens with one attached hydrogen (secondary N) is 1. The first kappa shape index (κ1) is 38.3. The Hall–Kier alpha value is -5.45. The summed E-state index contributed by atoms with van der Waals surface area (Å²) in [5.74, 6) is -6.29. The number of likely N-dealkylation sites (tertiary alicyclic amines) is 1. The molecule has 6 rings (SSSR count). The minimum Gasteiger partial charge on any atom is -0.489 e. The summed E-state index contributed by atoms with van der Waals surface area (Å²) < 4.78 is 89.2. The summed E-state index contributed by atoms with van der Waals surface area (Å²) >= 11 is 0. The van der Waals surface area contributed by atoms with E-state index in [0.717, 1.165) is 15.7 Å². The Morgan fingerprint density at radius 2 is 1.61 bits per heavy atom. The van der Waals surface area contributed by atoms with E-state index >= 15 is 0 Å². The number of nitrogens with two attached hydrogens (primary N) is 1. The molecule has 2 aliphatic rings. The molecule has 3 aromatic carbocycles. The largest absolute Gasteiger partial charge is 0.489 e. The lowest BCUT2D eigenvalue weighted by Crippen LogP contribution is -2.54. The summed E-state index contributed by atoms with van der Waals surface area (Å²) in [5.41, 5.74) is 7.78. The first-order chi connectivity index (χ1) is 25.8. The summed E-state index contributed by atoms with van der Waals surface area (Å²) in [6.45, 7) is -0.0840. The zero-order valence-corrected chi connectivity index (χ0v) is 28.9. The summed E-state index contributed by atoms with van der Waals surface area (Å²) in [7, 11) is 0. The summed E-state index contributed by atoms with van der Waals surface area (Å²) in [4.78, 5) is 43.3. The normalized spacial score (nSPS) is 16.8. The molecule has 3 amide bonds. The number of hydrogen-bond donors (Lipinski definition) is 2. The first-order valence-electron chi connectivity index (χ1n) is 17.3. The standard InChI is InChI=1S/C37H37F6N7O4/c38-27-19-29(40)28(39)17-24(27)16-25(18-33(51)48-13-14-50-32(20-48)46-47-36(50)37(41,42)43)45-34(52)31-7-4-12-49(31)35(53)30(44)15-22-8-10-26(11-9-22)54-21-23-5-2-1-3-6-23/h1-3,5-6,8-11,17,19,25,30-31H,4,7,12-16,18,20-21,44H2,(H,45,52)/t25-,30?,31?/m1/s1. The molecule has 0 aliphatic carbocycles. The first-order valence-corrected chi connectivity index (χ1v) is 17.3. The fourth-order valence-electron chi connectivity index (χ4n) is 6.70. The quantitative estimate of drug-likeness (QED) is 0.163. The molecule has 1 saturated heterocycles. The smallest absolute Gasteiger partial charge is 0.451 e. The Morgan fingerprint density at radius 1 is 0.889 bits per heavy atom. The molecular formula is C37H37F6N7O4. The van der Waals surface area contributed by atoms with Gasteiger partial charge in [0, 0.05) is 38.2 Å². The number of amides is 3. The van der Waals surface area contributed by atoms with E-state index in [4.69, 9.17) is 10.5 Å². The van der Waals surface area contributed by atoms with Gasteiger partial charge in [0.05, 0.1) is 12.6 Å². The summed E-state index contributed by atoms with van der Waals surface area (Å²) in [6, 6.07) is 14.6. The van der Waals surface area contributed by atoms with Crippen LogP contribution < -0.4 is 15.8 Å². The maximum absolute atomic E-state index is 14.8. The predicted octanol–water partition coefficient (Wildman–Crippen LogP) is 4.31. The van der Waals surface area contributed by atoms with Crippen molar-refractivity contribution < 1.29 is 45.5 Å². The van der Waals surface area contributed by atoms with Gasteiger partial charge < -0.3 is 30.2 Å². The molecule has 0 bridgehead atoms. The number of benzene rings is 3. The topological polar surface area (TPSA) is 136 Å². The highest BCUT2D eigenvalue weighted by molar-refractivity contribution is 5.91. The van der Waals surface area contributed by atoms with Gasteiger partial charge in [0.25, 0.3) is 0 Å². The molecule has 54 heavy (non-hydrogen) atoms. The van der Waals surface area contributed by atoms with Crippen LogP contribution in [-0.2, 0) is 53.1 Å². The van der Waals surface area contributed by atoms with Gasteiger partial charge in [0.1, 0.15) is 24.2 Å². The van der Waals surface area contributed by atoms with Crippen molar-refractivity contribution in [1.82, 2.24) is 29.9 Å². The number of carbonyl (C=O) groups excluding carboxylic acids is 3. The zero-order valence-electron chi connectivity index (χ0n) is 28.9. The second kappa shape index (κ2) is 16.3. The molecule has 17 heteroatoms. The predicted molar refractivity (Wildman–Crippen MR) is 181 cm³/mol. The number of aromatic nitrogens is 3. The van der Waals surface area contributed by atoms with Crippen molar-refractivity contribution in [2.75, 3.05) is 13.1 Å². The Bertz CT molecular complexity index is 1980. The van der Waals surface area contributed by atoms with Crippen LogP contribution in [0.4, 0.5) is 26.3 Å². The number of halogens is 6. The van der Waals surface area contributed by atoms with Gasteiger partial charge in [0.15, 0.2) is 17.5 Å². The maximum atomic E-state index is 14.8. The average molecular weight is 758 g/mol. The van der Waals surface area contributed by atoms with Crippen LogP contribution >= 0.6 is 0 Å². The van der Waals surface area contributed by atoms with E-state index in [1.807, 2.05) is 30.3 Å². The molecule has 1 aromatic heterocycles. The van der Waals surface area contributed by atoms with Crippen molar-refractivity contribution in [2.24, 2.45) is 5.73 Å². The van der Waals surface area contributed by atoms with Gasteiger partial charge in [-0.2, -0.15) is 13.2 Å². The Kier molecular flexibility index (Phi) is 11.5. The minimum atomic E-state index is -4.75. The molecule has 4 aromatic rings. The number of carbonyl (C=O) groups is 3. The SMILES string of the molecule is NC(Cc1ccc(OCc2ccccc2)cc1)C(=O)N1CCCC1C(=O)N[C@@H](CC(=O)N1CCn2c(nnc2C(F)(F)F)C1)Cc1cc(F)c(F)cc1F. The highest BCUT2D eigenvalue weighted by atomic mass is 19.4. The highest BCUT2D eigenvalue weighted by Crippen LogP contribution is 2.30. The number of hydrogen-bond acceptors (Lipinski definition) is 7. The third kappa shape index (κ3) is 9.01. The third-order valence-corrected chi connectivity index (χ3v) is 9.47. The fraction of sp³-hybridized carbons (Fsp3) is 0.378. The van der Waals surface area contributed by atoms with Crippen molar-refractivity contribution in [3.05, 3.63) is 113 Å². The fourth-order valence-corrected chi connectivity index (χ4v) is 6.70. The van der Waals surface area contributed by atoms with Crippen LogP contribution in [0, 0.1) is 17.5 Å². The molecule has 2 aliphatic heterocycles. The van der Waals surface area contributed by atoms with E-state index < -0.39 is 78.1 Å². The van der Waals surface area contributed by atoms with Gasteiger partial charge in [-0.1, -0.05) is 42.5 Å². The van der Waals surface area contributed by atoms with E-state index in [2.05, 4.69) is 15.5 Å². The molecule has 3 N–H and O–H groups in total. The van der Waals surface area contributed by atoms with Crippen molar-refractivity contribution in [3.8, 4) is 5.75 Å². The van der Waals surface area contributed by atoms with Gasteiger partial charge in [-0.25, -0.2) is 13.2 Å². The average Bonchev–Trinajstić information content (AvgIpc) is 3.82. The van der Waals surface area contributed by atoms with Crippen LogP contribution in [0.3, 0.4) is 0 Å². The molecule has 1 fully saturated rings. The molecule has 2 unspecified atom stereocenters. The second-order valence-electron chi connectivity index (χ2n) is 13.3. The Labute approximate surface area is 306 Å². The second-order valence-corrected chi connectivity index (χ2v) is 13.3. The zero-order chi connectivity index (χ0) is 38.6. The van der Waals surface area contributed by atoms with Gasteiger partial charge in [-0.15, -0.1) is 10.2 Å². The van der Waals surface area contributed by atoms with E-state index in [0.29, 0.717) is 30.9 Å². The van der Waals surface area contributed by atoms with E-state index in [-0.39, 0.29) is 50.4 Å². The highest BCUT2D eigenvalue weighted by Gasteiger charge is 2.41.